The molecule has 24 heavy (non-hydrogen) atoms. The van der Waals surface area contributed by atoms with Crippen LogP contribution >= 0.6 is 0 Å². The van der Waals surface area contributed by atoms with Gasteiger partial charge >= 0.3 is 0 Å². The molecule has 1 N–H and O–H groups in total. The molecule has 0 aromatic carbocycles. The van der Waals surface area contributed by atoms with Crippen molar-refractivity contribution in [3.63, 3.8) is 0 Å². The number of nitrogens with one attached hydrogen (secondary N) is 1. The molecule has 1 aromatic heterocycles. The van der Waals surface area contributed by atoms with Gasteiger partial charge in [0, 0.05) is 12.3 Å². The molecule has 1 aliphatic carbocycles. The van der Waals surface area contributed by atoms with Crippen molar-refractivity contribution in [2.24, 2.45) is 4.99 Å². The van der Waals surface area contributed by atoms with E-state index in [1.165, 1.54) is 29.6 Å². The summed E-state index contributed by atoms with van der Waals surface area (Å²) in [6.45, 7) is 4.49. The average Bonchev–Trinajstić information content (AvgIpc) is 3.21. The van der Waals surface area contributed by atoms with Gasteiger partial charge in [0.25, 0.3) is 0 Å². The normalized spacial score (nSPS) is 20.0. The van der Waals surface area contributed by atoms with Crippen LogP contribution in [0.1, 0.15) is 51.6 Å². The Kier molecular flexibility index (Phi) is 5.19. The van der Waals surface area contributed by atoms with Crippen molar-refractivity contribution in [3.8, 4) is 0 Å². The van der Waals surface area contributed by atoms with Gasteiger partial charge in [0.15, 0.2) is 0 Å². The minimum absolute atomic E-state index is 0.842. The van der Waals surface area contributed by atoms with E-state index < -0.39 is 0 Å². The highest BCUT2D eigenvalue weighted by Gasteiger charge is 2.19. The zero-order chi connectivity index (χ0) is 16.9. The lowest BCUT2D eigenvalue weighted by Gasteiger charge is -2.12. The minimum atomic E-state index is 0.842. The third kappa shape index (κ3) is 3.30. The van der Waals surface area contributed by atoms with Gasteiger partial charge in [-0.15, -0.1) is 0 Å². The molecular weight excluding hydrogens is 296 g/mol. The lowest BCUT2D eigenvalue weighted by atomic mass is 9.94. The summed E-state index contributed by atoms with van der Waals surface area (Å²) in [5.41, 5.74) is 7.28. The van der Waals surface area contributed by atoms with Crippen LogP contribution in [0.2, 0.25) is 0 Å². The molecule has 3 rings (SSSR count). The van der Waals surface area contributed by atoms with Crippen molar-refractivity contribution < 1.29 is 4.74 Å². The van der Waals surface area contributed by atoms with E-state index in [1.54, 1.807) is 7.11 Å². The Labute approximate surface area is 144 Å². The van der Waals surface area contributed by atoms with E-state index in [0.717, 1.165) is 42.1 Å². The summed E-state index contributed by atoms with van der Waals surface area (Å²) in [5, 5.41) is 0. The molecule has 1 aromatic rings. The zero-order valence-electron chi connectivity index (χ0n) is 14.9. The van der Waals surface area contributed by atoms with Crippen LogP contribution in [0.3, 0.4) is 0 Å². The molecule has 0 atom stereocenters. The van der Waals surface area contributed by atoms with Gasteiger partial charge in [0.05, 0.1) is 18.5 Å². The van der Waals surface area contributed by atoms with E-state index in [2.05, 4.69) is 31.0 Å². The lowest BCUT2D eigenvalue weighted by molar-refractivity contribution is 0.302. The number of hydrogen-bond acceptors (Lipinski definition) is 2. The van der Waals surface area contributed by atoms with E-state index >= 15 is 0 Å². The monoisotopic (exact) mass is 322 g/mol. The van der Waals surface area contributed by atoms with Crippen molar-refractivity contribution in [2.75, 3.05) is 7.11 Å². The van der Waals surface area contributed by atoms with Crippen molar-refractivity contribution in [2.45, 2.75) is 46.0 Å². The first-order chi connectivity index (χ1) is 11.8. The topological polar surface area (TPSA) is 37.4 Å². The maximum absolute atomic E-state index is 5.57. The van der Waals surface area contributed by atoms with E-state index in [1.807, 2.05) is 24.4 Å². The van der Waals surface area contributed by atoms with Gasteiger partial charge in [-0.25, -0.2) is 4.99 Å². The van der Waals surface area contributed by atoms with Crippen LogP contribution in [0.15, 0.2) is 69.7 Å². The van der Waals surface area contributed by atoms with Gasteiger partial charge in [-0.05, 0) is 67.0 Å². The molecule has 3 nitrogen and oxygen atoms in total. The first-order valence-corrected chi connectivity index (χ1v) is 8.88. The van der Waals surface area contributed by atoms with E-state index in [9.17, 15) is 0 Å². The number of ether oxygens (including phenoxy) is 1. The first-order valence-electron chi connectivity index (χ1n) is 8.88. The van der Waals surface area contributed by atoms with E-state index in [4.69, 9.17) is 9.73 Å². The molecule has 2 heterocycles. The van der Waals surface area contributed by atoms with Crippen molar-refractivity contribution in [3.05, 3.63) is 70.4 Å². The van der Waals surface area contributed by atoms with E-state index in [0.29, 0.717) is 0 Å². The van der Waals surface area contributed by atoms with Crippen LogP contribution in [0, 0.1) is 0 Å². The number of allylic oxidation sites excluding steroid dienone is 6. The number of aromatic nitrogens is 1. The highest BCUT2D eigenvalue weighted by Crippen LogP contribution is 2.32. The Hall–Kier alpha value is -2.29. The quantitative estimate of drug-likeness (QED) is 0.768. The minimum Gasteiger partial charge on any atom is -0.494 e. The number of methoxy groups -OCH3 is 1. The van der Waals surface area contributed by atoms with E-state index in [-0.39, 0.29) is 0 Å². The van der Waals surface area contributed by atoms with Gasteiger partial charge < -0.3 is 9.72 Å². The Morgan fingerprint density at radius 3 is 2.83 bits per heavy atom. The molecule has 0 bridgehead atoms. The predicted molar refractivity (Wildman–Crippen MR) is 100 cm³/mol. The second-order valence-electron chi connectivity index (χ2n) is 6.16. The summed E-state index contributed by atoms with van der Waals surface area (Å²) in [5.74, 6) is 0.842. The number of aromatic amines is 1. The van der Waals surface area contributed by atoms with Crippen molar-refractivity contribution in [1.82, 2.24) is 4.98 Å². The number of H-pyrrole nitrogens is 1. The Bertz CT molecular complexity index is 743. The molecule has 3 heteroatoms. The Morgan fingerprint density at radius 1 is 1.29 bits per heavy atom. The number of hydrogen-bond donors (Lipinski definition) is 1. The number of rotatable bonds is 5. The number of aliphatic imine (C=N–C) groups is 1. The SMILES string of the molecule is CCC1=CCCCC(/C=C2/N=C(c3ccc[nH]3)C=C2OC)=C1CC. The fourth-order valence-corrected chi connectivity index (χ4v) is 3.50. The summed E-state index contributed by atoms with van der Waals surface area (Å²) in [6, 6.07) is 4.02. The van der Waals surface area contributed by atoms with Crippen LogP contribution in [0.5, 0.6) is 0 Å². The molecule has 2 aliphatic rings. The summed E-state index contributed by atoms with van der Waals surface area (Å²) in [6.07, 6.45) is 14.2. The molecule has 0 fully saturated rings. The standard InChI is InChI=1S/C21H26N2O/c1-4-15-9-6-7-10-16(17(15)5-2)13-20-21(24-3)14-19(23-20)18-11-8-12-22-18/h8-9,11-14,22H,4-7,10H2,1-3H3/b20-13+. The second-order valence-corrected chi connectivity index (χ2v) is 6.16. The fourth-order valence-electron chi connectivity index (χ4n) is 3.50. The molecule has 0 saturated carbocycles. The Balaban J connectivity index is 2.01. The summed E-state index contributed by atoms with van der Waals surface area (Å²) < 4.78 is 5.57. The highest BCUT2D eigenvalue weighted by molar-refractivity contribution is 6.10. The molecule has 0 saturated heterocycles. The van der Waals surface area contributed by atoms with Crippen molar-refractivity contribution in [1.29, 1.82) is 0 Å². The summed E-state index contributed by atoms with van der Waals surface area (Å²) in [4.78, 5) is 8.02. The summed E-state index contributed by atoms with van der Waals surface area (Å²) >= 11 is 0. The van der Waals surface area contributed by atoms with Crippen LogP contribution < -0.4 is 0 Å². The number of nitrogens with zero attached hydrogens (tertiary/aromatic N) is 1. The van der Waals surface area contributed by atoms with Crippen LogP contribution in [-0.4, -0.2) is 17.8 Å². The lowest BCUT2D eigenvalue weighted by Crippen LogP contribution is -1.94. The average molecular weight is 322 g/mol. The predicted octanol–water partition coefficient (Wildman–Crippen LogP) is 5.46. The molecule has 0 spiro atoms. The van der Waals surface area contributed by atoms with Gasteiger partial charge in [0.2, 0.25) is 0 Å². The van der Waals surface area contributed by atoms with Crippen molar-refractivity contribution >= 4 is 5.71 Å². The van der Waals surface area contributed by atoms with Crippen LogP contribution in [0.4, 0.5) is 0 Å². The molecular formula is C21H26N2O. The maximum atomic E-state index is 5.57. The van der Waals surface area contributed by atoms with Crippen LogP contribution in [-0.2, 0) is 4.74 Å². The third-order valence-corrected chi connectivity index (χ3v) is 4.72. The van der Waals surface area contributed by atoms with Gasteiger partial charge in [-0.1, -0.05) is 19.9 Å². The molecule has 0 radical (unpaired) electrons. The first kappa shape index (κ1) is 16.6. The fraction of sp³-hybridized carbons (Fsp3) is 0.381. The van der Waals surface area contributed by atoms with Crippen LogP contribution in [0.25, 0.3) is 0 Å². The van der Waals surface area contributed by atoms with Gasteiger partial charge in [-0.3, -0.25) is 0 Å². The van der Waals surface area contributed by atoms with Gasteiger partial charge in [0.1, 0.15) is 11.5 Å². The van der Waals surface area contributed by atoms with Gasteiger partial charge in [-0.2, -0.15) is 0 Å². The highest BCUT2D eigenvalue weighted by atomic mass is 16.5. The molecule has 0 unspecified atom stereocenters. The maximum Gasteiger partial charge on any atom is 0.146 e. The molecule has 0 amide bonds. The Morgan fingerprint density at radius 2 is 2.17 bits per heavy atom. The smallest absolute Gasteiger partial charge is 0.146 e. The molecule has 126 valence electrons. The second kappa shape index (κ2) is 7.52. The molecule has 1 aliphatic heterocycles. The zero-order valence-corrected chi connectivity index (χ0v) is 14.9. The summed E-state index contributed by atoms with van der Waals surface area (Å²) in [7, 11) is 1.71. The third-order valence-electron chi connectivity index (χ3n) is 4.72. The largest absolute Gasteiger partial charge is 0.494 e.